The molecule has 2 aromatic carbocycles. The molecule has 0 spiro atoms. The van der Waals surface area contributed by atoms with Crippen molar-refractivity contribution in [3.8, 4) is 11.5 Å². The first kappa shape index (κ1) is 22.0. The molecule has 0 aromatic heterocycles. The molecule has 0 aliphatic carbocycles. The van der Waals surface area contributed by atoms with Crippen LogP contribution in [0, 0.1) is 0 Å². The molecule has 30 heavy (non-hydrogen) atoms. The fourth-order valence-electron chi connectivity index (χ4n) is 3.16. The maximum Gasteiger partial charge on any atom is 0.387 e. The van der Waals surface area contributed by atoms with Gasteiger partial charge in [0.05, 0.1) is 12.0 Å². The van der Waals surface area contributed by atoms with E-state index in [1.165, 1.54) is 47.8 Å². The molecule has 1 saturated heterocycles. The molecular formula is C20H22F2N2O5S. The number of nitrogens with zero attached hydrogens (tertiary/aromatic N) is 1. The van der Waals surface area contributed by atoms with Crippen LogP contribution in [0.5, 0.6) is 11.5 Å². The molecule has 1 aliphatic rings. The number of benzene rings is 2. The Morgan fingerprint density at radius 2 is 1.77 bits per heavy atom. The number of rotatable bonds is 8. The molecule has 1 fully saturated rings. The number of ether oxygens (including phenoxy) is 2. The van der Waals surface area contributed by atoms with E-state index in [2.05, 4.69) is 10.1 Å². The highest BCUT2D eigenvalue weighted by Gasteiger charge is 2.27. The number of nitrogens with one attached hydrogen (secondary N) is 1. The second-order valence-electron chi connectivity index (χ2n) is 6.68. The lowest BCUT2D eigenvalue weighted by molar-refractivity contribution is -0.0512. The van der Waals surface area contributed by atoms with E-state index in [4.69, 9.17) is 4.74 Å². The maximum atomic E-state index is 12.5. The van der Waals surface area contributed by atoms with Crippen molar-refractivity contribution in [2.75, 3.05) is 20.2 Å². The van der Waals surface area contributed by atoms with Crippen molar-refractivity contribution in [2.45, 2.75) is 30.9 Å². The van der Waals surface area contributed by atoms with Crippen LogP contribution in [0.3, 0.4) is 0 Å². The van der Waals surface area contributed by atoms with Crippen LogP contribution in [-0.4, -0.2) is 45.4 Å². The summed E-state index contributed by atoms with van der Waals surface area (Å²) in [6, 6.07) is 10.1. The quantitative estimate of drug-likeness (QED) is 0.682. The molecule has 0 bridgehead atoms. The van der Waals surface area contributed by atoms with Gasteiger partial charge in [-0.25, -0.2) is 8.42 Å². The summed E-state index contributed by atoms with van der Waals surface area (Å²) in [6.45, 7) is -1.93. The molecule has 1 amide bonds. The summed E-state index contributed by atoms with van der Waals surface area (Å²) in [5.74, 6) is -0.400. The summed E-state index contributed by atoms with van der Waals surface area (Å²) < 4.78 is 61.0. The fraction of sp³-hybridized carbons (Fsp3) is 0.350. The van der Waals surface area contributed by atoms with E-state index in [-0.39, 0.29) is 28.5 Å². The van der Waals surface area contributed by atoms with Gasteiger partial charge in [0.1, 0.15) is 0 Å². The second-order valence-corrected chi connectivity index (χ2v) is 8.62. The van der Waals surface area contributed by atoms with Gasteiger partial charge in [-0.15, -0.1) is 0 Å². The highest BCUT2D eigenvalue weighted by molar-refractivity contribution is 7.89. The Morgan fingerprint density at radius 1 is 1.10 bits per heavy atom. The average molecular weight is 440 g/mol. The summed E-state index contributed by atoms with van der Waals surface area (Å²) >= 11 is 0. The first-order valence-corrected chi connectivity index (χ1v) is 10.8. The van der Waals surface area contributed by atoms with E-state index in [9.17, 15) is 22.0 Å². The van der Waals surface area contributed by atoms with Crippen molar-refractivity contribution in [1.82, 2.24) is 9.62 Å². The van der Waals surface area contributed by atoms with E-state index in [0.717, 1.165) is 12.8 Å². The Kier molecular flexibility index (Phi) is 6.88. The minimum atomic E-state index is -3.54. The van der Waals surface area contributed by atoms with E-state index in [1.54, 1.807) is 6.07 Å². The zero-order valence-electron chi connectivity index (χ0n) is 16.3. The van der Waals surface area contributed by atoms with E-state index in [1.807, 2.05) is 0 Å². The average Bonchev–Trinajstić information content (AvgIpc) is 3.28. The smallest absolute Gasteiger partial charge is 0.387 e. The van der Waals surface area contributed by atoms with Crippen LogP contribution in [0.4, 0.5) is 8.78 Å². The standard InChI is InChI=1S/C20H22F2N2O5S/c1-28-17-9-4-14(12-18(17)29-20(21)22)13-23-19(25)15-5-7-16(8-6-15)30(26,27)24-10-2-3-11-24/h4-9,12,20H,2-3,10-11,13H2,1H3,(H,23,25). The van der Waals surface area contributed by atoms with E-state index < -0.39 is 22.5 Å². The largest absolute Gasteiger partial charge is 0.493 e. The maximum absolute atomic E-state index is 12.5. The monoisotopic (exact) mass is 440 g/mol. The molecule has 0 unspecified atom stereocenters. The Balaban J connectivity index is 1.65. The highest BCUT2D eigenvalue weighted by atomic mass is 32.2. The normalized spacial score (nSPS) is 14.7. The van der Waals surface area contributed by atoms with Gasteiger partial charge in [-0.3, -0.25) is 4.79 Å². The summed E-state index contributed by atoms with van der Waals surface area (Å²) in [6.07, 6.45) is 1.68. The minimum Gasteiger partial charge on any atom is -0.493 e. The highest BCUT2D eigenvalue weighted by Crippen LogP contribution is 2.29. The number of alkyl halides is 2. The summed E-state index contributed by atoms with van der Waals surface area (Å²) in [4.78, 5) is 12.5. The Labute approximate surface area is 173 Å². The van der Waals surface area contributed by atoms with Gasteiger partial charge in [0.2, 0.25) is 10.0 Å². The molecule has 162 valence electrons. The number of methoxy groups -OCH3 is 1. The summed E-state index contributed by atoms with van der Waals surface area (Å²) in [5, 5.41) is 2.66. The third-order valence-corrected chi connectivity index (χ3v) is 6.63. The number of sulfonamides is 1. The SMILES string of the molecule is COc1ccc(CNC(=O)c2ccc(S(=O)(=O)N3CCCC3)cc2)cc1OC(F)F. The van der Waals surface area contributed by atoms with Crippen LogP contribution in [0.25, 0.3) is 0 Å². The van der Waals surface area contributed by atoms with Gasteiger partial charge in [-0.2, -0.15) is 13.1 Å². The first-order valence-electron chi connectivity index (χ1n) is 9.31. The topological polar surface area (TPSA) is 84.9 Å². The zero-order chi connectivity index (χ0) is 21.7. The van der Waals surface area contributed by atoms with E-state index >= 15 is 0 Å². The van der Waals surface area contributed by atoms with Crippen LogP contribution in [-0.2, 0) is 16.6 Å². The molecular weight excluding hydrogens is 418 g/mol. The van der Waals surface area contributed by atoms with Crippen molar-refractivity contribution < 1.29 is 31.5 Å². The number of carbonyl (C=O) groups is 1. The van der Waals surface area contributed by atoms with Crippen molar-refractivity contribution in [1.29, 1.82) is 0 Å². The third-order valence-electron chi connectivity index (χ3n) is 4.72. The number of amides is 1. The van der Waals surface area contributed by atoms with Crippen molar-refractivity contribution in [3.05, 3.63) is 53.6 Å². The van der Waals surface area contributed by atoms with Gasteiger partial charge in [-0.05, 0) is 54.8 Å². The van der Waals surface area contributed by atoms with Crippen LogP contribution in [0.1, 0.15) is 28.8 Å². The molecule has 2 aromatic rings. The predicted octanol–water partition coefficient (Wildman–Crippen LogP) is 3.01. The van der Waals surface area contributed by atoms with Crippen LogP contribution >= 0.6 is 0 Å². The lowest BCUT2D eigenvalue weighted by Gasteiger charge is -2.15. The van der Waals surface area contributed by atoms with Crippen molar-refractivity contribution in [2.24, 2.45) is 0 Å². The Hall–Kier alpha value is -2.72. The number of hydrogen-bond acceptors (Lipinski definition) is 5. The number of carbonyl (C=O) groups excluding carboxylic acids is 1. The Morgan fingerprint density at radius 3 is 2.37 bits per heavy atom. The lowest BCUT2D eigenvalue weighted by Crippen LogP contribution is -2.28. The first-order chi connectivity index (χ1) is 14.3. The van der Waals surface area contributed by atoms with Gasteiger partial charge >= 0.3 is 6.61 Å². The van der Waals surface area contributed by atoms with Crippen LogP contribution < -0.4 is 14.8 Å². The second kappa shape index (κ2) is 9.40. The van der Waals surface area contributed by atoms with Gasteiger partial charge in [0, 0.05) is 25.2 Å². The molecule has 7 nitrogen and oxygen atoms in total. The van der Waals surface area contributed by atoms with Gasteiger partial charge in [0.15, 0.2) is 11.5 Å². The molecule has 0 atom stereocenters. The third kappa shape index (κ3) is 5.06. The van der Waals surface area contributed by atoms with Gasteiger partial charge in [-0.1, -0.05) is 6.07 Å². The number of hydrogen-bond donors (Lipinski definition) is 1. The predicted molar refractivity (Wildman–Crippen MR) is 105 cm³/mol. The molecule has 0 saturated carbocycles. The molecule has 1 N–H and O–H groups in total. The molecule has 3 rings (SSSR count). The molecule has 10 heteroatoms. The molecule has 1 aliphatic heterocycles. The summed E-state index contributed by atoms with van der Waals surface area (Å²) in [5.41, 5.74) is 0.820. The van der Waals surface area contributed by atoms with Gasteiger partial charge in [0.25, 0.3) is 5.91 Å². The van der Waals surface area contributed by atoms with Crippen molar-refractivity contribution in [3.63, 3.8) is 0 Å². The molecule has 1 heterocycles. The number of halogens is 2. The minimum absolute atomic E-state index is 0.0657. The molecule has 0 radical (unpaired) electrons. The zero-order valence-corrected chi connectivity index (χ0v) is 17.1. The van der Waals surface area contributed by atoms with Crippen LogP contribution in [0.15, 0.2) is 47.4 Å². The van der Waals surface area contributed by atoms with Crippen LogP contribution in [0.2, 0.25) is 0 Å². The van der Waals surface area contributed by atoms with Gasteiger partial charge < -0.3 is 14.8 Å². The lowest BCUT2D eigenvalue weighted by atomic mass is 10.1. The fourth-order valence-corrected chi connectivity index (χ4v) is 4.68. The summed E-state index contributed by atoms with van der Waals surface area (Å²) in [7, 11) is -2.21. The van der Waals surface area contributed by atoms with Crippen molar-refractivity contribution >= 4 is 15.9 Å². The Bertz CT molecular complexity index is 991. The van der Waals surface area contributed by atoms with E-state index in [0.29, 0.717) is 18.7 Å².